The maximum absolute atomic E-state index is 5.84. The fourth-order valence-electron chi connectivity index (χ4n) is 23.5. The van der Waals surface area contributed by atoms with Crippen LogP contribution >= 0.6 is 0 Å². The molecule has 0 N–H and O–H groups in total. The van der Waals surface area contributed by atoms with E-state index in [4.69, 9.17) is 15.0 Å². The van der Waals surface area contributed by atoms with Crippen molar-refractivity contribution in [3.63, 3.8) is 0 Å². The van der Waals surface area contributed by atoms with Crippen LogP contribution in [0, 0.1) is 0 Å². The minimum Gasteiger partial charge on any atom is -0.309 e. The summed E-state index contributed by atoms with van der Waals surface area (Å²) in [6.45, 7) is 14.2. The number of fused-ring (bicyclic) bond motifs is 27. The van der Waals surface area contributed by atoms with Crippen LogP contribution in [-0.2, 0) is 16.2 Å². The zero-order valence-corrected chi connectivity index (χ0v) is 71.9. The zero-order valence-electron chi connectivity index (χ0n) is 71.9. The Bertz CT molecular complexity index is 8460. The Balaban J connectivity index is 0.608. The molecule has 28 rings (SSSR count). The van der Waals surface area contributed by atoms with Gasteiger partial charge in [0.05, 0.1) is 66.2 Å². The highest BCUT2D eigenvalue weighted by Crippen LogP contribution is 2.55. The van der Waals surface area contributed by atoms with Crippen LogP contribution < -0.4 is 0 Å². The molecular weight excluding hydrogens is 1570 g/mol. The molecule has 25 aromatic rings. The molecule has 3 aliphatic rings. The summed E-state index contributed by atoms with van der Waals surface area (Å²) < 4.78 is 14.2. The topological polar surface area (TPSA) is 68.2 Å². The van der Waals surface area contributed by atoms with Gasteiger partial charge >= 0.3 is 0 Å². The monoisotopic (exact) mass is 1650 g/mol. The van der Waals surface area contributed by atoms with E-state index in [-0.39, 0.29) is 16.2 Å². The first-order valence-electron chi connectivity index (χ1n) is 45.0. The molecule has 0 spiro atoms. The highest BCUT2D eigenvalue weighted by atomic mass is 15.3. The summed E-state index contributed by atoms with van der Waals surface area (Å²) in [5.74, 6) is 1.48. The largest absolute Gasteiger partial charge is 0.309 e. The number of aromatic nitrogens is 9. The van der Waals surface area contributed by atoms with Crippen molar-refractivity contribution in [2.24, 2.45) is 0 Å². The minimum atomic E-state index is -0.135. The summed E-state index contributed by atoms with van der Waals surface area (Å²) >= 11 is 0. The summed E-state index contributed by atoms with van der Waals surface area (Å²) in [6, 6.07) is 143. The van der Waals surface area contributed by atoms with Crippen molar-refractivity contribution in [2.75, 3.05) is 0 Å². The smallest absolute Gasteiger partial charge is 0.241 e. The van der Waals surface area contributed by atoms with E-state index < -0.39 is 0 Å². The number of benzene rings is 18. The van der Waals surface area contributed by atoms with E-state index in [1.807, 2.05) is 0 Å². The molecule has 18 aromatic carbocycles. The minimum absolute atomic E-state index is 0.135. The Hall–Kier alpha value is -16.2. The first-order chi connectivity index (χ1) is 63.2. The third-order valence-electron chi connectivity index (χ3n) is 29.7. The number of para-hydroxylation sites is 6. The van der Waals surface area contributed by atoms with Gasteiger partial charge in [0.15, 0.2) is 0 Å². The molecular formula is C120H81N9. The van der Waals surface area contributed by atoms with Crippen LogP contribution in [0.1, 0.15) is 74.9 Å². The highest BCUT2D eigenvalue weighted by molar-refractivity contribution is 6.17. The molecule has 0 amide bonds. The van der Waals surface area contributed by atoms with Crippen molar-refractivity contribution in [1.82, 2.24) is 42.4 Å². The second-order valence-corrected chi connectivity index (χ2v) is 37.4. The summed E-state index contributed by atoms with van der Waals surface area (Å²) in [6.07, 6.45) is 0. The van der Waals surface area contributed by atoms with Crippen LogP contribution in [0.3, 0.4) is 0 Å². The molecule has 7 heterocycles. The standard InChI is InChI=1S/C120H81N9/c1-118(2)97-34-16-7-25-79(97)82-52-49-76(67-100(82)118)124-103-37-19-10-28-85(103)91-61-70(43-55-109(91)124)73-46-58-112-94(64-73)88-31-13-22-40-106(88)127(112)115-121-116(128-107-41-23-14-32-89(107)95-65-74(47-59-113(95)128)71-44-56-110-92(62-71)86-29-11-20-38-104(86)125(110)77-50-53-83-80-26-8-17-35-98(80)119(3,4)101(83)68-77)123-117(122-115)129-108-42-24-15-33-90(108)96-66-75(48-60-114(96)129)72-45-57-111-93(63-72)87-30-12-21-39-105(87)126(111)78-51-54-84-81-27-9-18-36-99(81)120(5,6)102(84)69-78/h7-69H,1-6H3. The Morgan fingerprint density at radius 1 is 0.155 bits per heavy atom. The molecule has 0 fully saturated rings. The van der Waals surface area contributed by atoms with Crippen LogP contribution in [0.15, 0.2) is 382 Å². The SMILES string of the molecule is CC1(C)c2ccccc2-c2ccc(-n3c4ccccc4c4cc(-c5ccc6c(c5)c5ccccc5n6-c5nc(-n6c7ccccc7c7cc(-c8ccc9c(c8)c8ccccc8n9-c8ccc9c(c8)C(C)(C)c8ccccc8-9)ccc76)nc(-n6c7ccccc7c7cc(-c8ccc9c(c8)c8ccccc8n9-c8ccc9c(c8)C(C)(C)c8ccccc8-9)ccc76)n5)ccc43)cc21. The number of rotatable bonds is 9. The van der Waals surface area contributed by atoms with E-state index in [0.717, 1.165) is 116 Å². The van der Waals surface area contributed by atoms with Gasteiger partial charge in [-0.15, -0.1) is 0 Å². The van der Waals surface area contributed by atoms with Gasteiger partial charge in [-0.2, -0.15) is 15.0 Å². The first-order valence-corrected chi connectivity index (χ1v) is 45.0. The lowest BCUT2D eigenvalue weighted by atomic mass is 9.82. The van der Waals surface area contributed by atoms with Gasteiger partial charge in [-0.05, 0) is 246 Å². The third-order valence-corrected chi connectivity index (χ3v) is 29.7. The van der Waals surface area contributed by atoms with Crippen molar-refractivity contribution in [1.29, 1.82) is 0 Å². The van der Waals surface area contributed by atoms with E-state index in [1.54, 1.807) is 0 Å². The average molecular weight is 1650 g/mol. The van der Waals surface area contributed by atoms with Crippen molar-refractivity contribution >= 4 is 131 Å². The van der Waals surface area contributed by atoms with Crippen molar-refractivity contribution in [3.05, 3.63) is 416 Å². The van der Waals surface area contributed by atoms with Gasteiger partial charge in [-0.3, -0.25) is 13.7 Å². The predicted molar refractivity (Wildman–Crippen MR) is 535 cm³/mol. The molecule has 129 heavy (non-hydrogen) atoms. The lowest BCUT2D eigenvalue weighted by Gasteiger charge is -2.22. The quantitative estimate of drug-likeness (QED) is 0.145. The number of hydrogen-bond donors (Lipinski definition) is 0. The average Bonchev–Trinajstić information content (AvgIpc) is 1.55. The molecule has 3 aliphatic carbocycles. The molecule has 0 unspecified atom stereocenters. The fraction of sp³-hybridized carbons (Fsp3) is 0.0750. The normalized spacial score (nSPS) is 14.0. The molecule has 0 radical (unpaired) electrons. The number of nitrogens with zero attached hydrogens (tertiary/aromatic N) is 9. The fourth-order valence-corrected chi connectivity index (χ4v) is 23.5. The Morgan fingerprint density at radius 3 is 0.581 bits per heavy atom. The van der Waals surface area contributed by atoms with Gasteiger partial charge in [0.1, 0.15) is 0 Å². The van der Waals surface area contributed by atoms with Gasteiger partial charge in [-0.1, -0.05) is 278 Å². The molecule has 0 saturated heterocycles. The van der Waals surface area contributed by atoms with E-state index in [1.165, 1.54) is 132 Å². The van der Waals surface area contributed by atoms with Crippen LogP contribution in [0.2, 0.25) is 0 Å². The van der Waals surface area contributed by atoms with E-state index in [2.05, 4.69) is 451 Å². The molecule has 0 bridgehead atoms. The zero-order chi connectivity index (χ0) is 85.3. The van der Waals surface area contributed by atoms with Gasteiger partial charge < -0.3 is 13.7 Å². The van der Waals surface area contributed by atoms with Crippen LogP contribution in [-0.4, -0.2) is 42.4 Å². The molecule has 0 saturated carbocycles. The van der Waals surface area contributed by atoms with Crippen LogP contribution in [0.4, 0.5) is 0 Å². The van der Waals surface area contributed by atoms with E-state index >= 15 is 0 Å². The van der Waals surface area contributed by atoms with Crippen LogP contribution in [0.5, 0.6) is 0 Å². The Morgan fingerprint density at radius 2 is 0.341 bits per heavy atom. The first kappa shape index (κ1) is 72.1. The van der Waals surface area contributed by atoms with Gasteiger partial charge in [0, 0.05) is 97.9 Å². The maximum atomic E-state index is 5.84. The summed E-state index contributed by atoms with van der Waals surface area (Å²) in [7, 11) is 0. The van der Waals surface area contributed by atoms with Gasteiger partial charge in [0.25, 0.3) is 0 Å². The lowest BCUT2D eigenvalue weighted by molar-refractivity contribution is 0.660. The third kappa shape index (κ3) is 9.96. The van der Waals surface area contributed by atoms with E-state index in [9.17, 15) is 0 Å². The highest BCUT2D eigenvalue weighted by Gasteiger charge is 2.39. The molecule has 7 aromatic heterocycles. The summed E-state index contributed by atoms with van der Waals surface area (Å²) in [5.41, 5.74) is 38.8. The predicted octanol–water partition coefficient (Wildman–Crippen LogP) is 30.4. The van der Waals surface area contributed by atoms with Gasteiger partial charge in [0.2, 0.25) is 17.8 Å². The molecule has 9 heteroatoms. The van der Waals surface area contributed by atoms with Crippen molar-refractivity contribution < 1.29 is 0 Å². The van der Waals surface area contributed by atoms with E-state index in [0.29, 0.717) is 17.8 Å². The lowest BCUT2D eigenvalue weighted by Crippen LogP contribution is -2.15. The van der Waals surface area contributed by atoms with Crippen LogP contribution in [0.25, 0.3) is 233 Å². The van der Waals surface area contributed by atoms with Gasteiger partial charge in [-0.25, -0.2) is 0 Å². The molecule has 606 valence electrons. The Labute approximate surface area is 743 Å². The summed E-state index contributed by atoms with van der Waals surface area (Å²) in [4.78, 5) is 17.5. The van der Waals surface area contributed by atoms with Crippen molar-refractivity contribution in [2.45, 2.75) is 57.8 Å². The Kier molecular flexibility index (Phi) is 14.5. The van der Waals surface area contributed by atoms with Crippen molar-refractivity contribution in [3.8, 4) is 102 Å². The summed E-state index contributed by atoms with van der Waals surface area (Å²) in [5, 5.41) is 13.8. The molecule has 9 nitrogen and oxygen atoms in total. The second-order valence-electron chi connectivity index (χ2n) is 37.4. The second kappa shape index (κ2) is 26.0. The molecule has 0 atom stereocenters. The number of hydrogen-bond acceptors (Lipinski definition) is 3. The maximum Gasteiger partial charge on any atom is 0.241 e. The molecule has 0 aliphatic heterocycles.